The maximum absolute atomic E-state index is 2.74. The van der Waals surface area contributed by atoms with Crippen molar-refractivity contribution in [2.45, 2.75) is 59.2 Å². The van der Waals surface area contributed by atoms with Crippen LogP contribution < -0.4 is 0 Å². The van der Waals surface area contributed by atoms with E-state index in [1.807, 2.05) is 0 Å². The highest BCUT2D eigenvalue weighted by molar-refractivity contribution is 6.77. The van der Waals surface area contributed by atoms with Gasteiger partial charge in [-0.05, 0) is 24.7 Å². The summed E-state index contributed by atoms with van der Waals surface area (Å²) in [7, 11) is -1.12. The van der Waals surface area contributed by atoms with Crippen molar-refractivity contribution in [2.75, 3.05) is 13.1 Å². The minimum atomic E-state index is -1.12. The van der Waals surface area contributed by atoms with Gasteiger partial charge < -0.3 is 4.57 Å². The standard InChI is InChI=1S/C11H27NSi/c1-7-11(5)13(6,10-4)12(8-2)9-3/h11H,7-10H2,1-6H3. The Kier molecular flexibility index (Phi) is 5.89. The molecule has 0 rings (SSSR count). The fourth-order valence-corrected chi connectivity index (χ4v) is 6.36. The average molecular weight is 201 g/mol. The molecule has 0 heterocycles. The molecule has 0 bridgehead atoms. The predicted molar refractivity (Wildman–Crippen MR) is 64.7 cm³/mol. The van der Waals surface area contributed by atoms with E-state index < -0.39 is 8.24 Å². The Morgan fingerprint density at radius 2 is 1.54 bits per heavy atom. The highest BCUT2D eigenvalue weighted by Gasteiger charge is 2.35. The van der Waals surface area contributed by atoms with Gasteiger partial charge in [0.05, 0.1) is 0 Å². The van der Waals surface area contributed by atoms with E-state index in [9.17, 15) is 0 Å². The highest BCUT2D eigenvalue weighted by atomic mass is 28.3. The van der Waals surface area contributed by atoms with Crippen LogP contribution in [0.15, 0.2) is 0 Å². The van der Waals surface area contributed by atoms with Crippen molar-refractivity contribution in [3.05, 3.63) is 0 Å². The Balaban J connectivity index is 4.57. The number of hydrogen-bond donors (Lipinski definition) is 0. The van der Waals surface area contributed by atoms with Crippen molar-refractivity contribution in [3.8, 4) is 0 Å². The van der Waals surface area contributed by atoms with Crippen LogP contribution in [0.4, 0.5) is 0 Å². The van der Waals surface area contributed by atoms with E-state index in [0.29, 0.717) is 0 Å². The van der Waals surface area contributed by atoms with Gasteiger partial charge >= 0.3 is 0 Å². The molecule has 0 N–H and O–H groups in total. The van der Waals surface area contributed by atoms with Gasteiger partial charge in [0.15, 0.2) is 0 Å². The highest BCUT2D eigenvalue weighted by Crippen LogP contribution is 2.31. The van der Waals surface area contributed by atoms with E-state index in [1.165, 1.54) is 25.6 Å². The van der Waals surface area contributed by atoms with Crippen LogP contribution in [0.5, 0.6) is 0 Å². The van der Waals surface area contributed by atoms with E-state index >= 15 is 0 Å². The monoisotopic (exact) mass is 201 g/mol. The lowest BCUT2D eigenvalue weighted by atomic mass is 10.4. The van der Waals surface area contributed by atoms with Crippen molar-refractivity contribution in [2.24, 2.45) is 0 Å². The average Bonchev–Trinajstić information content (AvgIpc) is 2.17. The maximum atomic E-state index is 2.74. The summed E-state index contributed by atoms with van der Waals surface area (Å²) < 4.78 is 2.74. The molecule has 0 aliphatic carbocycles. The van der Waals surface area contributed by atoms with Crippen molar-refractivity contribution in [1.82, 2.24) is 4.57 Å². The Hall–Kier alpha value is 0.177. The molecule has 0 saturated heterocycles. The van der Waals surface area contributed by atoms with Gasteiger partial charge in [-0.3, -0.25) is 0 Å². The first-order chi connectivity index (χ1) is 6.06. The number of nitrogens with zero attached hydrogens (tertiary/aromatic N) is 1. The van der Waals surface area contributed by atoms with Gasteiger partial charge in [-0.2, -0.15) is 0 Å². The van der Waals surface area contributed by atoms with E-state index in [0.717, 1.165) is 5.54 Å². The third kappa shape index (κ3) is 2.81. The summed E-state index contributed by atoms with van der Waals surface area (Å²) in [5, 5.41) is 0. The minimum absolute atomic E-state index is 0.928. The van der Waals surface area contributed by atoms with Crippen LogP contribution >= 0.6 is 0 Å². The smallest absolute Gasteiger partial charge is 0.127 e. The Morgan fingerprint density at radius 1 is 1.08 bits per heavy atom. The van der Waals surface area contributed by atoms with Crippen LogP contribution in [0.2, 0.25) is 18.1 Å². The number of hydrogen-bond acceptors (Lipinski definition) is 1. The second kappa shape index (κ2) is 5.81. The summed E-state index contributed by atoms with van der Waals surface area (Å²) in [5.41, 5.74) is 0.928. The first kappa shape index (κ1) is 13.2. The Bertz CT molecular complexity index is 134. The van der Waals surface area contributed by atoms with Crippen LogP contribution in [0.25, 0.3) is 0 Å². The summed E-state index contributed by atoms with van der Waals surface area (Å²) >= 11 is 0. The van der Waals surface area contributed by atoms with Crippen molar-refractivity contribution >= 4 is 8.24 Å². The molecule has 2 unspecified atom stereocenters. The summed E-state index contributed by atoms with van der Waals surface area (Å²) in [4.78, 5) is 0. The largest absolute Gasteiger partial charge is 0.324 e. The van der Waals surface area contributed by atoms with Crippen LogP contribution in [0.1, 0.15) is 41.0 Å². The Morgan fingerprint density at radius 3 is 1.77 bits per heavy atom. The molecule has 0 fully saturated rings. The third-order valence-corrected chi connectivity index (χ3v) is 9.92. The SMILES string of the molecule is CCC(C)[Si](C)(CC)N(CC)CC. The molecule has 0 spiro atoms. The molecule has 80 valence electrons. The van der Waals surface area contributed by atoms with Gasteiger partial charge in [-0.15, -0.1) is 0 Å². The van der Waals surface area contributed by atoms with E-state index in [2.05, 4.69) is 45.7 Å². The minimum Gasteiger partial charge on any atom is -0.324 e. The van der Waals surface area contributed by atoms with Gasteiger partial charge in [0.1, 0.15) is 8.24 Å². The fraction of sp³-hybridized carbons (Fsp3) is 1.00. The normalized spacial score (nSPS) is 18.7. The molecule has 0 aliphatic heterocycles. The molecule has 2 atom stereocenters. The summed E-state index contributed by atoms with van der Waals surface area (Å²) in [5.74, 6) is 0. The maximum Gasteiger partial charge on any atom is 0.127 e. The lowest BCUT2D eigenvalue weighted by Crippen LogP contribution is -2.53. The lowest BCUT2D eigenvalue weighted by molar-refractivity contribution is 0.448. The summed E-state index contributed by atoms with van der Waals surface area (Å²) in [6.45, 7) is 16.8. The molecule has 0 amide bonds. The molecular formula is C11H27NSi. The molecule has 2 heteroatoms. The van der Waals surface area contributed by atoms with E-state index in [4.69, 9.17) is 0 Å². The van der Waals surface area contributed by atoms with Gasteiger partial charge in [0.25, 0.3) is 0 Å². The zero-order chi connectivity index (χ0) is 10.5. The van der Waals surface area contributed by atoms with Gasteiger partial charge in [0, 0.05) is 0 Å². The molecule has 0 saturated carbocycles. The molecular weight excluding hydrogens is 174 g/mol. The molecule has 13 heavy (non-hydrogen) atoms. The number of rotatable bonds is 6. The molecule has 0 aromatic rings. The predicted octanol–water partition coefficient (Wildman–Crippen LogP) is 3.72. The van der Waals surface area contributed by atoms with Crippen LogP contribution in [0.3, 0.4) is 0 Å². The quantitative estimate of drug-likeness (QED) is 0.592. The lowest BCUT2D eigenvalue weighted by Gasteiger charge is -2.42. The molecule has 0 aromatic heterocycles. The first-order valence-corrected chi connectivity index (χ1v) is 8.54. The van der Waals surface area contributed by atoms with E-state index in [-0.39, 0.29) is 0 Å². The topological polar surface area (TPSA) is 3.24 Å². The third-order valence-electron chi connectivity index (χ3n) is 3.88. The van der Waals surface area contributed by atoms with Crippen molar-refractivity contribution in [1.29, 1.82) is 0 Å². The fourth-order valence-electron chi connectivity index (χ4n) is 2.27. The van der Waals surface area contributed by atoms with Crippen molar-refractivity contribution < 1.29 is 0 Å². The molecule has 0 aromatic carbocycles. The molecule has 0 aliphatic rings. The zero-order valence-electron chi connectivity index (χ0n) is 10.4. The molecule has 1 nitrogen and oxygen atoms in total. The zero-order valence-corrected chi connectivity index (χ0v) is 11.4. The van der Waals surface area contributed by atoms with Crippen molar-refractivity contribution in [3.63, 3.8) is 0 Å². The first-order valence-electron chi connectivity index (χ1n) is 5.81. The van der Waals surface area contributed by atoms with Gasteiger partial charge in [0.2, 0.25) is 0 Å². The van der Waals surface area contributed by atoms with Gasteiger partial charge in [-0.25, -0.2) is 0 Å². The van der Waals surface area contributed by atoms with Crippen LogP contribution in [-0.4, -0.2) is 25.9 Å². The van der Waals surface area contributed by atoms with Crippen LogP contribution in [0, 0.1) is 0 Å². The molecule has 0 radical (unpaired) electrons. The summed E-state index contributed by atoms with van der Waals surface area (Å²) in [6.07, 6.45) is 1.34. The van der Waals surface area contributed by atoms with E-state index in [1.54, 1.807) is 0 Å². The summed E-state index contributed by atoms with van der Waals surface area (Å²) in [6, 6.07) is 1.39. The van der Waals surface area contributed by atoms with Gasteiger partial charge in [-0.1, -0.05) is 47.6 Å². The second-order valence-corrected chi connectivity index (χ2v) is 9.23. The second-order valence-electron chi connectivity index (χ2n) is 4.19. The Labute approximate surface area is 85.6 Å². The van der Waals surface area contributed by atoms with Crippen LogP contribution in [-0.2, 0) is 0 Å².